The van der Waals surface area contributed by atoms with Crippen molar-refractivity contribution in [1.29, 1.82) is 0 Å². The van der Waals surface area contributed by atoms with Gasteiger partial charge in [-0.25, -0.2) is 0 Å². The molecule has 1 aliphatic heterocycles. The standard InChI is InChI=1S/C23H31ClN2O/c1-23(2,3)16-27-15-18-6-4-17(5-7-18)14-26-22-20-11-13-25-12-10-19(20)8-9-21(22)24/h4-9,25-26H,10-16H2,1-3H3. The summed E-state index contributed by atoms with van der Waals surface area (Å²) in [6, 6.07) is 12.8. The minimum Gasteiger partial charge on any atom is -0.380 e. The van der Waals surface area contributed by atoms with E-state index in [2.05, 4.69) is 61.7 Å². The molecule has 0 saturated carbocycles. The van der Waals surface area contributed by atoms with Gasteiger partial charge in [0.05, 0.1) is 23.9 Å². The van der Waals surface area contributed by atoms with Crippen LogP contribution >= 0.6 is 11.6 Å². The maximum Gasteiger partial charge on any atom is 0.0717 e. The molecule has 1 heterocycles. The molecule has 0 spiro atoms. The van der Waals surface area contributed by atoms with E-state index in [9.17, 15) is 0 Å². The number of fused-ring (bicyclic) bond motifs is 1. The number of hydrogen-bond donors (Lipinski definition) is 2. The van der Waals surface area contributed by atoms with Crippen LogP contribution in [0.4, 0.5) is 5.69 Å². The SMILES string of the molecule is CC(C)(C)COCc1ccc(CNc2c(Cl)ccc3c2CCNCC3)cc1. The molecule has 3 rings (SSSR count). The van der Waals surface area contributed by atoms with Gasteiger partial charge in [-0.1, -0.05) is 62.7 Å². The van der Waals surface area contributed by atoms with E-state index in [1.165, 1.54) is 22.3 Å². The van der Waals surface area contributed by atoms with Gasteiger partial charge in [-0.15, -0.1) is 0 Å². The first-order valence-corrected chi connectivity index (χ1v) is 10.2. The van der Waals surface area contributed by atoms with Crippen molar-refractivity contribution >= 4 is 17.3 Å². The Morgan fingerprint density at radius 2 is 1.70 bits per heavy atom. The van der Waals surface area contributed by atoms with Gasteiger partial charge in [0.1, 0.15) is 0 Å². The van der Waals surface area contributed by atoms with Crippen molar-refractivity contribution in [1.82, 2.24) is 5.32 Å². The average molecular weight is 387 g/mol. The van der Waals surface area contributed by atoms with E-state index in [4.69, 9.17) is 16.3 Å². The number of anilines is 1. The molecule has 2 aromatic rings. The maximum atomic E-state index is 6.50. The molecule has 0 bridgehead atoms. The van der Waals surface area contributed by atoms with Crippen LogP contribution in [0.1, 0.15) is 43.0 Å². The Morgan fingerprint density at radius 3 is 2.44 bits per heavy atom. The van der Waals surface area contributed by atoms with Crippen molar-refractivity contribution < 1.29 is 4.74 Å². The second kappa shape index (κ2) is 9.09. The Balaban J connectivity index is 1.60. The van der Waals surface area contributed by atoms with Crippen LogP contribution in [0.5, 0.6) is 0 Å². The van der Waals surface area contributed by atoms with Gasteiger partial charge in [0, 0.05) is 6.54 Å². The molecular weight excluding hydrogens is 356 g/mol. The predicted octanol–water partition coefficient (Wildman–Crippen LogP) is 5.20. The van der Waals surface area contributed by atoms with Crippen molar-refractivity contribution in [2.75, 3.05) is 25.0 Å². The summed E-state index contributed by atoms with van der Waals surface area (Å²) in [5.74, 6) is 0. The summed E-state index contributed by atoms with van der Waals surface area (Å²) in [6.45, 7) is 10.8. The quantitative estimate of drug-likeness (QED) is 0.715. The number of benzene rings is 2. The lowest BCUT2D eigenvalue weighted by atomic mass is 9.99. The summed E-state index contributed by atoms with van der Waals surface area (Å²) in [5, 5.41) is 7.85. The van der Waals surface area contributed by atoms with Crippen LogP contribution in [0.3, 0.4) is 0 Å². The second-order valence-electron chi connectivity index (χ2n) is 8.53. The molecule has 3 nitrogen and oxygen atoms in total. The molecule has 0 fully saturated rings. The highest BCUT2D eigenvalue weighted by molar-refractivity contribution is 6.33. The summed E-state index contributed by atoms with van der Waals surface area (Å²) in [6.07, 6.45) is 2.08. The maximum absolute atomic E-state index is 6.50. The van der Waals surface area contributed by atoms with Gasteiger partial charge in [0.2, 0.25) is 0 Å². The zero-order chi connectivity index (χ0) is 19.3. The van der Waals surface area contributed by atoms with E-state index >= 15 is 0 Å². The first kappa shape index (κ1) is 20.2. The summed E-state index contributed by atoms with van der Waals surface area (Å²) >= 11 is 6.50. The third-order valence-electron chi connectivity index (χ3n) is 4.78. The molecule has 0 aromatic heterocycles. The lowest BCUT2D eigenvalue weighted by Gasteiger charge is -2.18. The number of hydrogen-bond acceptors (Lipinski definition) is 3. The number of nitrogens with one attached hydrogen (secondary N) is 2. The smallest absolute Gasteiger partial charge is 0.0717 e. The average Bonchev–Trinajstić information content (AvgIpc) is 2.86. The lowest BCUT2D eigenvalue weighted by molar-refractivity contribution is 0.0599. The minimum atomic E-state index is 0.201. The Morgan fingerprint density at radius 1 is 1.00 bits per heavy atom. The van der Waals surface area contributed by atoms with Crippen LogP contribution in [0.15, 0.2) is 36.4 Å². The molecule has 146 valence electrons. The molecule has 0 radical (unpaired) electrons. The van der Waals surface area contributed by atoms with Gasteiger partial charge in [0.15, 0.2) is 0 Å². The second-order valence-corrected chi connectivity index (χ2v) is 8.94. The van der Waals surface area contributed by atoms with Gasteiger partial charge in [-0.3, -0.25) is 0 Å². The molecule has 27 heavy (non-hydrogen) atoms. The minimum absolute atomic E-state index is 0.201. The van der Waals surface area contributed by atoms with E-state index in [0.717, 1.165) is 49.8 Å². The molecule has 1 aliphatic rings. The van der Waals surface area contributed by atoms with Crippen molar-refractivity contribution in [3.63, 3.8) is 0 Å². The highest BCUT2D eigenvalue weighted by Crippen LogP contribution is 2.31. The zero-order valence-corrected chi connectivity index (χ0v) is 17.5. The lowest BCUT2D eigenvalue weighted by Crippen LogP contribution is -2.16. The van der Waals surface area contributed by atoms with Crippen LogP contribution in [0.2, 0.25) is 5.02 Å². The Labute approximate surface area is 168 Å². The number of ether oxygens (including phenoxy) is 1. The fraction of sp³-hybridized carbons (Fsp3) is 0.478. The highest BCUT2D eigenvalue weighted by atomic mass is 35.5. The first-order chi connectivity index (χ1) is 12.9. The predicted molar refractivity (Wildman–Crippen MR) is 115 cm³/mol. The Hall–Kier alpha value is -1.55. The third kappa shape index (κ3) is 5.97. The molecule has 0 amide bonds. The molecule has 4 heteroatoms. The van der Waals surface area contributed by atoms with E-state index in [-0.39, 0.29) is 5.41 Å². The summed E-state index contributed by atoms with van der Waals surface area (Å²) in [4.78, 5) is 0. The third-order valence-corrected chi connectivity index (χ3v) is 5.09. The summed E-state index contributed by atoms with van der Waals surface area (Å²) in [5.41, 5.74) is 6.51. The van der Waals surface area contributed by atoms with Crippen LogP contribution in [-0.2, 0) is 30.7 Å². The van der Waals surface area contributed by atoms with Crippen molar-refractivity contribution in [2.24, 2.45) is 5.41 Å². The molecule has 0 unspecified atom stereocenters. The first-order valence-electron chi connectivity index (χ1n) is 9.83. The van der Waals surface area contributed by atoms with Crippen molar-refractivity contribution in [2.45, 2.75) is 46.8 Å². The largest absolute Gasteiger partial charge is 0.380 e. The molecule has 0 atom stereocenters. The van der Waals surface area contributed by atoms with Crippen LogP contribution in [0, 0.1) is 5.41 Å². The fourth-order valence-electron chi connectivity index (χ4n) is 3.35. The molecular formula is C23H31ClN2O. The normalized spacial score (nSPS) is 14.5. The molecule has 2 aromatic carbocycles. The molecule has 0 saturated heterocycles. The van der Waals surface area contributed by atoms with E-state index < -0.39 is 0 Å². The zero-order valence-electron chi connectivity index (χ0n) is 16.7. The Bertz CT molecular complexity index is 750. The fourth-order valence-corrected chi connectivity index (χ4v) is 3.60. The van der Waals surface area contributed by atoms with E-state index in [1.807, 2.05) is 6.07 Å². The van der Waals surface area contributed by atoms with Crippen LogP contribution in [0.25, 0.3) is 0 Å². The topological polar surface area (TPSA) is 33.3 Å². The monoisotopic (exact) mass is 386 g/mol. The van der Waals surface area contributed by atoms with Gasteiger partial charge < -0.3 is 15.4 Å². The number of halogens is 1. The van der Waals surface area contributed by atoms with Gasteiger partial charge in [0.25, 0.3) is 0 Å². The van der Waals surface area contributed by atoms with Gasteiger partial charge in [-0.05, 0) is 59.7 Å². The highest BCUT2D eigenvalue weighted by Gasteiger charge is 2.14. The van der Waals surface area contributed by atoms with Crippen LogP contribution in [-0.4, -0.2) is 19.7 Å². The van der Waals surface area contributed by atoms with Crippen LogP contribution < -0.4 is 10.6 Å². The van der Waals surface area contributed by atoms with Crippen molar-refractivity contribution in [3.05, 3.63) is 63.7 Å². The Kier molecular flexibility index (Phi) is 6.80. The molecule has 0 aliphatic carbocycles. The summed E-state index contributed by atoms with van der Waals surface area (Å²) in [7, 11) is 0. The van der Waals surface area contributed by atoms with E-state index in [1.54, 1.807) is 0 Å². The molecule has 2 N–H and O–H groups in total. The van der Waals surface area contributed by atoms with Crippen molar-refractivity contribution in [3.8, 4) is 0 Å². The number of rotatable bonds is 6. The van der Waals surface area contributed by atoms with Gasteiger partial charge >= 0.3 is 0 Å². The van der Waals surface area contributed by atoms with Gasteiger partial charge in [-0.2, -0.15) is 0 Å². The summed E-state index contributed by atoms with van der Waals surface area (Å²) < 4.78 is 5.80. The van der Waals surface area contributed by atoms with E-state index in [0.29, 0.717) is 6.61 Å².